The summed E-state index contributed by atoms with van der Waals surface area (Å²) in [6.07, 6.45) is 3.84. The van der Waals surface area contributed by atoms with Crippen LogP contribution in [0.4, 0.5) is 0 Å². The van der Waals surface area contributed by atoms with Gasteiger partial charge in [-0.15, -0.1) is 0 Å². The maximum absolute atomic E-state index is 12.9. The van der Waals surface area contributed by atoms with Gasteiger partial charge in [0.1, 0.15) is 0 Å². The van der Waals surface area contributed by atoms with Crippen LogP contribution in [-0.4, -0.2) is 49.9 Å². The minimum Gasteiger partial charge on any atom is -0.396 e. The number of aromatic amines is 1. The molecular weight excluding hydrogens is 320 g/mol. The first kappa shape index (κ1) is 17.7. The fourth-order valence-electron chi connectivity index (χ4n) is 3.95. The molecule has 1 atom stereocenters. The number of H-pyrrole nitrogens is 1. The molecule has 3 rings (SSSR count). The van der Waals surface area contributed by atoms with Crippen molar-refractivity contribution in [3.05, 3.63) is 27.2 Å². The van der Waals surface area contributed by atoms with Crippen LogP contribution in [0.25, 0.3) is 11.0 Å². The molecule has 0 radical (unpaired) electrons. The van der Waals surface area contributed by atoms with Crippen LogP contribution in [-0.2, 0) is 18.3 Å². The summed E-state index contributed by atoms with van der Waals surface area (Å²) in [6, 6.07) is 0.220. The van der Waals surface area contributed by atoms with Crippen LogP contribution in [0.15, 0.2) is 4.79 Å². The average Bonchev–Trinajstić information content (AvgIpc) is 3.14. The summed E-state index contributed by atoms with van der Waals surface area (Å²) in [5.41, 5.74) is 2.93. The summed E-state index contributed by atoms with van der Waals surface area (Å²) in [5, 5.41) is 12.3. The topological polar surface area (TPSA) is 91.2 Å². The lowest BCUT2D eigenvalue weighted by Gasteiger charge is -2.25. The predicted octanol–water partition coefficient (Wildman–Crippen LogP) is 1.18. The van der Waals surface area contributed by atoms with Gasteiger partial charge in [-0.25, -0.2) is 4.98 Å². The molecule has 2 aromatic heterocycles. The Hall–Kier alpha value is -2.15. The number of aliphatic hydroxyl groups is 1. The molecular formula is C18H26N4O3. The van der Waals surface area contributed by atoms with Gasteiger partial charge in [-0.2, -0.15) is 0 Å². The Morgan fingerprint density at radius 2 is 2.16 bits per heavy atom. The Bertz CT molecular complexity index is 852. The highest BCUT2D eigenvalue weighted by Crippen LogP contribution is 2.25. The van der Waals surface area contributed by atoms with E-state index in [2.05, 4.69) is 10.1 Å². The summed E-state index contributed by atoms with van der Waals surface area (Å²) in [7, 11) is 1.76. The third-order valence-electron chi connectivity index (χ3n) is 5.30. The predicted molar refractivity (Wildman–Crippen MR) is 95.6 cm³/mol. The maximum atomic E-state index is 12.9. The Kier molecular flexibility index (Phi) is 4.94. The van der Waals surface area contributed by atoms with Crippen LogP contribution in [0.3, 0.4) is 0 Å². The summed E-state index contributed by atoms with van der Waals surface area (Å²) >= 11 is 0. The Labute approximate surface area is 146 Å². The van der Waals surface area contributed by atoms with Crippen molar-refractivity contribution in [2.75, 3.05) is 13.2 Å². The largest absolute Gasteiger partial charge is 0.396 e. The highest BCUT2D eigenvalue weighted by Gasteiger charge is 2.29. The first-order chi connectivity index (χ1) is 11.9. The molecule has 1 saturated heterocycles. The SMILES string of the molecule is Cc1nc2c(c(C)c1CC(=O)N1CCCC1CCCO)c(=O)[nH]n2C. The van der Waals surface area contributed by atoms with Gasteiger partial charge in [-0.3, -0.25) is 19.4 Å². The number of aryl methyl sites for hydroxylation is 3. The van der Waals surface area contributed by atoms with Gasteiger partial charge in [0.2, 0.25) is 5.91 Å². The number of pyridine rings is 1. The van der Waals surface area contributed by atoms with Crippen molar-refractivity contribution in [3.8, 4) is 0 Å². The van der Waals surface area contributed by atoms with Crippen molar-refractivity contribution in [1.29, 1.82) is 0 Å². The number of nitrogens with zero attached hydrogens (tertiary/aromatic N) is 3. The maximum Gasteiger partial charge on any atom is 0.273 e. The van der Waals surface area contributed by atoms with Crippen molar-refractivity contribution in [1.82, 2.24) is 19.7 Å². The molecule has 25 heavy (non-hydrogen) atoms. The zero-order valence-corrected chi connectivity index (χ0v) is 15.1. The molecule has 7 nitrogen and oxygen atoms in total. The highest BCUT2D eigenvalue weighted by molar-refractivity contribution is 5.85. The van der Waals surface area contributed by atoms with E-state index in [0.29, 0.717) is 11.0 Å². The van der Waals surface area contributed by atoms with Gasteiger partial charge in [-0.05, 0) is 50.7 Å². The van der Waals surface area contributed by atoms with Crippen molar-refractivity contribution >= 4 is 16.9 Å². The molecule has 136 valence electrons. The number of aromatic nitrogens is 3. The number of amides is 1. The number of rotatable bonds is 5. The molecule has 1 amide bonds. The summed E-state index contributed by atoms with van der Waals surface area (Å²) in [5.74, 6) is 0.0835. The molecule has 1 aliphatic heterocycles. The fraction of sp³-hybridized carbons (Fsp3) is 0.611. The van der Waals surface area contributed by atoms with Crippen molar-refractivity contribution in [3.63, 3.8) is 0 Å². The van der Waals surface area contributed by atoms with Crippen molar-refractivity contribution in [2.24, 2.45) is 7.05 Å². The molecule has 0 saturated carbocycles. The first-order valence-corrected chi connectivity index (χ1v) is 8.89. The number of carbonyl (C=O) groups excluding carboxylic acids is 1. The number of nitrogens with one attached hydrogen (secondary N) is 1. The third kappa shape index (κ3) is 3.20. The van der Waals surface area contributed by atoms with Gasteiger partial charge >= 0.3 is 0 Å². The fourth-order valence-corrected chi connectivity index (χ4v) is 3.95. The monoisotopic (exact) mass is 346 g/mol. The van der Waals surface area contributed by atoms with E-state index in [9.17, 15) is 9.59 Å². The zero-order chi connectivity index (χ0) is 18.1. The number of hydrogen-bond acceptors (Lipinski definition) is 4. The number of carbonyl (C=O) groups is 1. The molecule has 2 N–H and O–H groups in total. The van der Waals surface area contributed by atoms with Crippen molar-refractivity contribution in [2.45, 2.75) is 52.0 Å². The van der Waals surface area contributed by atoms with E-state index >= 15 is 0 Å². The van der Waals surface area contributed by atoms with E-state index in [1.54, 1.807) is 11.7 Å². The minimum absolute atomic E-state index is 0.0835. The van der Waals surface area contributed by atoms with Gasteiger partial charge in [0, 0.05) is 31.9 Å². The molecule has 3 heterocycles. The quantitative estimate of drug-likeness (QED) is 0.851. The van der Waals surface area contributed by atoms with E-state index in [4.69, 9.17) is 5.11 Å². The Balaban J connectivity index is 1.88. The van der Waals surface area contributed by atoms with Gasteiger partial charge in [0.25, 0.3) is 5.56 Å². The summed E-state index contributed by atoms with van der Waals surface area (Å²) in [6.45, 7) is 4.71. The van der Waals surface area contributed by atoms with E-state index in [1.165, 1.54) is 0 Å². The molecule has 1 fully saturated rings. The molecule has 7 heteroatoms. The highest BCUT2D eigenvalue weighted by atomic mass is 16.3. The van der Waals surface area contributed by atoms with Gasteiger partial charge in [0.15, 0.2) is 5.65 Å². The zero-order valence-electron chi connectivity index (χ0n) is 15.1. The molecule has 1 aliphatic rings. The van der Waals surface area contributed by atoms with Crippen LogP contribution in [0.1, 0.15) is 42.5 Å². The lowest BCUT2D eigenvalue weighted by molar-refractivity contribution is -0.131. The van der Waals surface area contributed by atoms with E-state index < -0.39 is 0 Å². The average molecular weight is 346 g/mol. The van der Waals surface area contributed by atoms with Crippen LogP contribution >= 0.6 is 0 Å². The van der Waals surface area contributed by atoms with E-state index in [1.807, 2.05) is 18.7 Å². The van der Waals surface area contributed by atoms with Gasteiger partial charge in [0.05, 0.1) is 11.8 Å². The molecule has 2 aromatic rings. The second-order valence-electron chi connectivity index (χ2n) is 6.93. The van der Waals surface area contributed by atoms with Crippen LogP contribution in [0.2, 0.25) is 0 Å². The lowest BCUT2D eigenvalue weighted by Crippen LogP contribution is -2.37. The first-order valence-electron chi connectivity index (χ1n) is 8.89. The number of aliphatic hydroxyl groups excluding tert-OH is 1. The van der Waals surface area contributed by atoms with E-state index in [0.717, 1.165) is 49.0 Å². The summed E-state index contributed by atoms with van der Waals surface area (Å²) < 4.78 is 1.62. The van der Waals surface area contributed by atoms with Crippen LogP contribution in [0.5, 0.6) is 0 Å². The number of fused-ring (bicyclic) bond motifs is 1. The van der Waals surface area contributed by atoms with Gasteiger partial charge < -0.3 is 10.0 Å². The Morgan fingerprint density at radius 3 is 2.88 bits per heavy atom. The van der Waals surface area contributed by atoms with Crippen molar-refractivity contribution < 1.29 is 9.90 Å². The molecule has 0 aliphatic carbocycles. The second-order valence-corrected chi connectivity index (χ2v) is 6.93. The number of hydrogen-bond donors (Lipinski definition) is 2. The number of likely N-dealkylation sites (tertiary alicyclic amines) is 1. The molecule has 0 bridgehead atoms. The standard InChI is InChI=1S/C18H26N4O3/c1-11-14(12(2)19-17-16(11)18(25)20-21(17)3)10-15(24)22-8-4-6-13(22)7-5-9-23/h13,23H,4-10H2,1-3H3,(H,20,25). The van der Waals surface area contributed by atoms with E-state index in [-0.39, 0.29) is 30.5 Å². The molecule has 0 aromatic carbocycles. The molecule has 0 spiro atoms. The van der Waals surface area contributed by atoms with Crippen LogP contribution < -0.4 is 5.56 Å². The third-order valence-corrected chi connectivity index (χ3v) is 5.30. The minimum atomic E-state index is -0.168. The van der Waals surface area contributed by atoms with Gasteiger partial charge in [-0.1, -0.05) is 0 Å². The Morgan fingerprint density at radius 1 is 1.40 bits per heavy atom. The second kappa shape index (κ2) is 7.00. The normalized spacial score (nSPS) is 17.6. The smallest absolute Gasteiger partial charge is 0.273 e. The van der Waals surface area contributed by atoms with Crippen LogP contribution in [0, 0.1) is 13.8 Å². The summed E-state index contributed by atoms with van der Waals surface area (Å²) in [4.78, 5) is 31.5. The lowest BCUT2D eigenvalue weighted by atomic mass is 10.0. The molecule has 1 unspecified atom stereocenters.